The van der Waals surface area contributed by atoms with Crippen LogP contribution in [0.5, 0.6) is 0 Å². The normalized spacial score (nSPS) is 3.00. The van der Waals surface area contributed by atoms with Crippen LogP contribution in [-0.2, 0) is 4.79 Å². The molecule has 0 aromatic carbocycles. The van der Waals surface area contributed by atoms with E-state index in [2.05, 4.69) is 0 Å². The predicted molar refractivity (Wildman–Crippen MR) is 19.1 cm³/mol. The Hall–Kier alpha value is -0.180. The van der Waals surface area contributed by atoms with Crippen molar-refractivity contribution in [3.05, 3.63) is 0 Å². The van der Waals surface area contributed by atoms with Gasteiger partial charge in [0.15, 0.2) is 0 Å². The van der Waals surface area contributed by atoms with Crippen LogP contribution in [0.3, 0.4) is 0 Å². The SMILES string of the molecule is O=CO.S. The maximum absolute atomic E-state index is 8.36. The van der Waals surface area contributed by atoms with Crippen molar-refractivity contribution in [2.75, 3.05) is 0 Å². The third-order valence-corrected chi connectivity index (χ3v) is 0. The highest BCUT2D eigenvalue weighted by atomic mass is 32.1. The number of carboxylic acid groups (broad SMARTS) is 1. The Morgan fingerprint density at radius 3 is 1.75 bits per heavy atom. The summed E-state index contributed by atoms with van der Waals surface area (Å²) >= 11 is 0. The minimum atomic E-state index is -0.250. The summed E-state index contributed by atoms with van der Waals surface area (Å²) in [5.41, 5.74) is 0. The Balaban J connectivity index is 0. The van der Waals surface area contributed by atoms with Crippen molar-refractivity contribution >= 4 is 20.0 Å². The lowest BCUT2D eigenvalue weighted by Gasteiger charge is -1.34. The van der Waals surface area contributed by atoms with Crippen LogP contribution in [0.2, 0.25) is 0 Å². The number of carbonyl (C=O) groups is 1. The number of rotatable bonds is 0. The summed E-state index contributed by atoms with van der Waals surface area (Å²) < 4.78 is 0. The van der Waals surface area contributed by atoms with Gasteiger partial charge in [-0.3, -0.25) is 4.79 Å². The minimum absolute atomic E-state index is 0. The zero-order chi connectivity index (χ0) is 2.71. The first kappa shape index (κ1) is 9.17. The third kappa shape index (κ3) is 37.8. The molecule has 0 atom stereocenters. The van der Waals surface area contributed by atoms with Gasteiger partial charge in [0.1, 0.15) is 0 Å². The van der Waals surface area contributed by atoms with Gasteiger partial charge in [-0.05, 0) is 0 Å². The van der Waals surface area contributed by atoms with Gasteiger partial charge in [-0.25, -0.2) is 0 Å². The topological polar surface area (TPSA) is 37.3 Å². The molecule has 0 aromatic heterocycles. The van der Waals surface area contributed by atoms with Crippen molar-refractivity contribution in [1.82, 2.24) is 0 Å². The second kappa shape index (κ2) is 13.9. The zero-order valence-electron chi connectivity index (χ0n) is 1.93. The van der Waals surface area contributed by atoms with E-state index in [1.807, 2.05) is 0 Å². The summed E-state index contributed by atoms with van der Waals surface area (Å²) in [6.07, 6.45) is 0. The first-order valence-corrected chi connectivity index (χ1v) is 0.494. The fourth-order valence-electron chi connectivity index (χ4n) is 0. The van der Waals surface area contributed by atoms with Crippen molar-refractivity contribution in [1.29, 1.82) is 0 Å². The Labute approximate surface area is 30.9 Å². The molecule has 0 saturated heterocycles. The van der Waals surface area contributed by atoms with Gasteiger partial charge < -0.3 is 5.11 Å². The standard InChI is InChI=1S/CH2O2.H2S/c2-1-3;/h1H,(H,2,3);1H2. The van der Waals surface area contributed by atoms with Crippen LogP contribution >= 0.6 is 13.5 Å². The smallest absolute Gasteiger partial charge is 0.290 e. The lowest BCUT2D eigenvalue weighted by atomic mass is 11.7. The molecule has 0 aromatic rings. The largest absolute Gasteiger partial charge is 0.483 e. The Morgan fingerprint density at radius 2 is 1.75 bits per heavy atom. The molecule has 0 fully saturated rings. The van der Waals surface area contributed by atoms with Crippen LogP contribution in [0.15, 0.2) is 0 Å². The van der Waals surface area contributed by atoms with E-state index < -0.39 is 0 Å². The first-order chi connectivity index (χ1) is 1.41. The first-order valence-electron chi connectivity index (χ1n) is 0.494. The molecule has 4 heavy (non-hydrogen) atoms. The molecule has 0 bridgehead atoms. The third-order valence-electron chi connectivity index (χ3n) is 0. The van der Waals surface area contributed by atoms with Crippen LogP contribution in [0.25, 0.3) is 0 Å². The molecule has 0 aliphatic heterocycles. The van der Waals surface area contributed by atoms with Crippen LogP contribution in [0.4, 0.5) is 0 Å². The van der Waals surface area contributed by atoms with Crippen molar-refractivity contribution in [3.8, 4) is 0 Å². The van der Waals surface area contributed by atoms with Gasteiger partial charge in [0.2, 0.25) is 0 Å². The average molecular weight is 80.1 g/mol. The van der Waals surface area contributed by atoms with Gasteiger partial charge in [-0.1, -0.05) is 0 Å². The van der Waals surface area contributed by atoms with E-state index in [9.17, 15) is 0 Å². The van der Waals surface area contributed by atoms with Gasteiger partial charge in [0.25, 0.3) is 6.47 Å². The summed E-state index contributed by atoms with van der Waals surface area (Å²) in [7, 11) is 0. The van der Waals surface area contributed by atoms with E-state index in [0.29, 0.717) is 0 Å². The van der Waals surface area contributed by atoms with Crippen molar-refractivity contribution < 1.29 is 9.90 Å². The van der Waals surface area contributed by atoms with E-state index in [1.165, 1.54) is 0 Å². The number of hydrogen-bond donors (Lipinski definition) is 1. The van der Waals surface area contributed by atoms with E-state index in [4.69, 9.17) is 9.90 Å². The van der Waals surface area contributed by atoms with Gasteiger partial charge in [-0.2, -0.15) is 13.5 Å². The quantitative estimate of drug-likeness (QED) is 0.409. The molecule has 26 valence electrons. The summed E-state index contributed by atoms with van der Waals surface area (Å²) in [5, 5.41) is 6.89. The molecule has 0 saturated carbocycles. The highest BCUT2D eigenvalue weighted by Crippen LogP contribution is 0.966. The van der Waals surface area contributed by atoms with Crippen LogP contribution in [0.1, 0.15) is 0 Å². The summed E-state index contributed by atoms with van der Waals surface area (Å²) in [6, 6.07) is 0. The van der Waals surface area contributed by atoms with E-state index >= 15 is 0 Å². The molecule has 1 N–H and O–H groups in total. The highest BCUT2D eigenvalue weighted by molar-refractivity contribution is 7.59. The lowest BCUT2D eigenvalue weighted by Crippen LogP contribution is -1.49. The predicted octanol–water partition coefficient (Wildman–Crippen LogP) is -0.186. The fraction of sp³-hybridized carbons (Fsp3) is 0. The second-order valence-corrected chi connectivity index (χ2v) is 0.105. The van der Waals surface area contributed by atoms with Crippen molar-refractivity contribution in [3.63, 3.8) is 0 Å². The van der Waals surface area contributed by atoms with E-state index in [0.717, 1.165) is 0 Å². The van der Waals surface area contributed by atoms with Crippen LogP contribution < -0.4 is 0 Å². The monoisotopic (exact) mass is 80.0 g/mol. The van der Waals surface area contributed by atoms with Gasteiger partial charge in [0.05, 0.1) is 0 Å². The summed E-state index contributed by atoms with van der Waals surface area (Å²) in [4.78, 5) is 8.36. The van der Waals surface area contributed by atoms with Crippen LogP contribution in [-0.4, -0.2) is 11.6 Å². The van der Waals surface area contributed by atoms with Gasteiger partial charge >= 0.3 is 0 Å². The maximum Gasteiger partial charge on any atom is 0.290 e. The maximum atomic E-state index is 8.36. The molecular formula is CH4O2S. The average Bonchev–Trinajstić information content (AvgIpc) is 0.918. The highest BCUT2D eigenvalue weighted by Gasteiger charge is 1.22. The lowest BCUT2D eigenvalue weighted by molar-refractivity contribution is -0.122. The molecule has 0 amide bonds. The Bertz CT molecular complexity index is 13.5. The van der Waals surface area contributed by atoms with Gasteiger partial charge in [0, 0.05) is 0 Å². The second-order valence-electron chi connectivity index (χ2n) is 0.105. The van der Waals surface area contributed by atoms with Crippen molar-refractivity contribution in [2.45, 2.75) is 0 Å². The molecule has 0 radical (unpaired) electrons. The Kier molecular flexibility index (Phi) is 31.9. The van der Waals surface area contributed by atoms with E-state index in [1.54, 1.807) is 0 Å². The fourth-order valence-corrected chi connectivity index (χ4v) is 0. The summed E-state index contributed by atoms with van der Waals surface area (Å²) in [5.74, 6) is 0. The van der Waals surface area contributed by atoms with Crippen LogP contribution in [0, 0.1) is 0 Å². The minimum Gasteiger partial charge on any atom is -0.483 e. The van der Waals surface area contributed by atoms with Gasteiger partial charge in [-0.15, -0.1) is 0 Å². The van der Waals surface area contributed by atoms with E-state index in [-0.39, 0.29) is 20.0 Å². The molecule has 3 heteroatoms. The summed E-state index contributed by atoms with van der Waals surface area (Å²) in [6.45, 7) is -0.250. The number of hydrogen-bond acceptors (Lipinski definition) is 1. The molecular weight excluding hydrogens is 76.1 g/mol. The molecule has 0 aliphatic rings. The molecule has 0 spiro atoms. The van der Waals surface area contributed by atoms with Crippen molar-refractivity contribution in [2.24, 2.45) is 0 Å². The molecule has 0 aliphatic carbocycles. The molecule has 2 nitrogen and oxygen atoms in total. The molecule has 0 heterocycles. The zero-order valence-corrected chi connectivity index (χ0v) is 2.93. The molecule has 0 rings (SSSR count). The molecule has 0 unspecified atom stereocenters. The Morgan fingerprint density at radius 1 is 1.75 bits per heavy atom.